The second-order valence-electron chi connectivity index (χ2n) is 4.19. The molecule has 3 nitrogen and oxygen atoms in total. The van der Waals surface area contributed by atoms with Crippen molar-refractivity contribution in [1.29, 1.82) is 0 Å². The van der Waals surface area contributed by atoms with E-state index < -0.39 is 8.80 Å². The lowest BCUT2D eigenvalue weighted by Crippen LogP contribution is -2.45. The minimum absolute atomic E-state index is 0.676. The average Bonchev–Trinajstić information content (AvgIpc) is 2.35. The lowest BCUT2D eigenvalue weighted by molar-refractivity contribution is 0.0706. The van der Waals surface area contributed by atoms with Gasteiger partial charge >= 0.3 is 8.80 Å². The van der Waals surface area contributed by atoms with Gasteiger partial charge in [0.15, 0.2) is 0 Å². The molecule has 0 aliphatic rings. The number of hydrogen-bond acceptors (Lipinski definition) is 3. The van der Waals surface area contributed by atoms with Crippen LogP contribution in [0.4, 0.5) is 0 Å². The maximum atomic E-state index is 5.83. The van der Waals surface area contributed by atoms with Gasteiger partial charge in [-0.1, -0.05) is 35.2 Å². The molecule has 0 saturated heterocycles. The normalized spacial score (nSPS) is 12.0. The van der Waals surface area contributed by atoms with Crippen LogP contribution in [0.25, 0.3) is 0 Å². The van der Waals surface area contributed by atoms with E-state index >= 15 is 0 Å². The molecule has 0 radical (unpaired) electrons. The highest BCUT2D eigenvalue weighted by Crippen LogP contribution is 2.20. The number of unbranched alkanes of at least 4 members (excludes halogenated alkanes) is 4. The van der Waals surface area contributed by atoms with Crippen LogP contribution in [0, 0.1) is 0 Å². The molecule has 0 aromatic rings. The first-order valence-electron chi connectivity index (χ1n) is 7.22. The minimum atomic E-state index is -2.37. The third-order valence-corrected chi connectivity index (χ3v) is 6.42. The van der Waals surface area contributed by atoms with Crippen LogP contribution in [0.3, 0.4) is 0 Å². The molecule has 0 rings (SSSR count). The fourth-order valence-electron chi connectivity index (χ4n) is 1.97. The number of rotatable bonds is 13. The zero-order valence-corrected chi connectivity index (χ0v) is 14.8. The Bertz CT molecular complexity index is 165. The summed E-state index contributed by atoms with van der Waals surface area (Å²) in [6.45, 7) is 8.06. The molecule has 0 heterocycles. The van der Waals surface area contributed by atoms with Gasteiger partial charge in [-0.25, -0.2) is 0 Å². The molecule has 0 atom stereocenters. The molecule has 0 spiro atoms. The Hall–Kier alpha value is 0.577. The number of alkyl halides is 1. The van der Waals surface area contributed by atoms with Crippen LogP contribution in [-0.2, 0) is 13.3 Å². The van der Waals surface area contributed by atoms with Gasteiger partial charge in [0.25, 0.3) is 0 Å². The third kappa shape index (κ3) is 8.64. The van der Waals surface area contributed by atoms with Crippen LogP contribution in [-0.4, -0.2) is 34.0 Å². The number of hydrogen-bond donors (Lipinski definition) is 0. The molecule has 0 unspecified atom stereocenters. The highest BCUT2D eigenvalue weighted by Gasteiger charge is 2.39. The Morgan fingerprint density at radius 2 is 1.17 bits per heavy atom. The fraction of sp³-hybridized carbons (Fsp3) is 1.00. The van der Waals surface area contributed by atoms with Gasteiger partial charge in [0, 0.05) is 31.2 Å². The van der Waals surface area contributed by atoms with Gasteiger partial charge in [0.2, 0.25) is 0 Å². The van der Waals surface area contributed by atoms with E-state index in [1.165, 1.54) is 25.7 Å². The van der Waals surface area contributed by atoms with Gasteiger partial charge in [-0.05, 0) is 33.6 Å². The highest BCUT2D eigenvalue weighted by atomic mass is 79.9. The molecule has 0 N–H and O–H groups in total. The van der Waals surface area contributed by atoms with Crippen molar-refractivity contribution in [2.75, 3.05) is 25.2 Å². The lowest BCUT2D eigenvalue weighted by Gasteiger charge is -2.28. The van der Waals surface area contributed by atoms with Crippen molar-refractivity contribution in [1.82, 2.24) is 0 Å². The van der Waals surface area contributed by atoms with Gasteiger partial charge in [-0.15, -0.1) is 0 Å². The maximum Gasteiger partial charge on any atom is 0.500 e. The van der Waals surface area contributed by atoms with E-state index in [1.54, 1.807) is 0 Å². The molecule has 0 aliphatic heterocycles. The van der Waals surface area contributed by atoms with Gasteiger partial charge in [0.05, 0.1) is 0 Å². The minimum Gasteiger partial charge on any atom is -0.374 e. The summed E-state index contributed by atoms with van der Waals surface area (Å²) in [4.78, 5) is 0. The van der Waals surface area contributed by atoms with Crippen molar-refractivity contribution in [3.63, 3.8) is 0 Å². The molecular formula is C13H29BrO3Si. The predicted molar refractivity (Wildman–Crippen MR) is 82.3 cm³/mol. The van der Waals surface area contributed by atoms with Gasteiger partial charge in [-0.3, -0.25) is 0 Å². The molecule has 0 saturated carbocycles. The molecule has 110 valence electrons. The molecule has 0 bridgehead atoms. The summed E-state index contributed by atoms with van der Waals surface area (Å²) in [6, 6.07) is 0.955. The largest absolute Gasteiger partial charge is 0.500 e. The van der Waals surface area contributed by atoms with E-state index in [1.807, 2.05) is 20.8 Å². The summed E-state index contributed by atoms with van der Waals surface area (Å²) >= 11 is 3.46. The van der Waals surface area contributed by atoms with Gasteiger partial charge < -0.3 is 13.3 Å². The second kappa shape index (κ2) is 12.6. The zero-order valence-electron chi connectivity index (χ0n) is 12.2. The molecule has 0 amide bonds. The number of halogens is 1. The fourth-order valence-corrected chi connectivity index (χ4v) is 5.05. The third-order valence-electron chi connectivity index (χ3n) is 2.71. The lowest BCUT2D eigenvalue weighted by atomic mass is 10.2. The summed E-state index contributed by atoms with van der Waals surface area (Å²) in [6.07, 6.45) is 6.26. The summed E-state index contributed by atoms with van der Waals surface area (Å²) in [7, 11) is -2.37. The van der Waals surface area contributed by atoms with E-state index in [9.17, 15) is 0 Å². The molecular weight excluding hydrogens is 312 g/mol. The standard InChI is InChI=1S/C13H29BrO3Si/c1-4-15-18(16-5-2,17-6-3)13-11-9-7-8-10-12-14/h4-13H2,1-3H3. The summed E-state index contributed by atoms with van der Waals surface area (Å²) in [5.41, 5.74) is 0. The van der Waals surface area contributed by atoms with Crippen molar-refractivity contribution >= 4 is 24.7 Å². The van der Waals surface area contributed by atoms with Gasteiger partial charge in [-0.2, -0.15) is 0 Å². The Balaban J connectivity index is 3.97. The van der Waals surface area contributed by atoms with Crippen LogP contribution >= 0.6 is 15.9 Å². The zero-order chi connectivity index (χ0) is 13.7. The first-order chi connectivity index (χ1) is 8.74. The van der Waals surface area contributed by atoms with Crippen LogP contribution in [0.15, 0.2) is 0 Å². The van der Waals surface area contributed by atoms with Gasteiger partial charge in [0.1, 0.15) is 0 Å². The van der Waals surface area contributed by atoms with Crippen molar-refractivity contribution in [3.8, 4) is 0 Å². The first kappa shape index (κ1) is 18.6. The van der Waals surface area contributed by atoms with E-state index in [4.69, 9.17) is 13.3 Å². The molecule has 18 heavy (non-hydrogen) atoms. The van der Waals surface area contributed by atoms with Crippen LogP contribution in [0.5, 0.6) is 0 Å². The van der Waals surface area contributed by atoms with E-state index in [2.05, 4.69) is 15.9 Å². The van der Waals surface area contributed by atoms with E-state index in [0.29, 0.717) is 19.8 Å². The average molecular weight is 341 g/mol. The molecule has 5 heteroatoms. The SMILES string of the molecule is CCO[Si](CCCCCCCBr)(OCC)OCC. The maximum absolute atomic E-state index is 5.83. The quantitative estimate of drug-likeness (QED) is 0.283. The van der Waals surface area contributed by atoms with Crippen LogP contribution in [0.1, 0.15) is 52.9 Å². The van der Waals surface area contributed by atoms with Crippen LogP contribution in [0.2, 0.25) is 6.04 Å². The molecule has 0 aliphatic carbocycles. The van der Waals surface area contributed by atoms with E-state index in [-0.39, 0.29) is 0 Å². The monoisotopic (exact) mass is 340 g/mol. The predicted octanol–water partition coefficient (Wildman–Crippen LogP) is 4.38. The first-order valence-corrected chi connectivity index (χ1v) is 10.3. The van der Waals surface area contributed by atoms with Crippen molar-refractivity contribution < 1.29 is 13.3 Å². The Kier molecular flexibility index (Phi) is 13.0. The van der Waals surface area contributed by atoms with Crippen molar-refractivity contribution in [3.05, 3.63) is 0 Å². The Morgan fingerprint density at radius 3 is 1.61 bits per heavy atom. The second-order valence-corrected chi connectivity index (χ2v) is 7.71. The van der Waals surface area contributed by atoms with Crippen LogP contribution < -0.4 is 0 Å². The molecule has 0 aromatic heterocycles. The topological polar surface area (TPSA) is 27.7 Å². The smallest absolute Gasteiger partial charge is 0.374 e. The van der Waals surface area contributed by atoms with E-state index in [0.717, 1.165) is 17.8 Å². The Labute approximate surface area is 122 Å². The molecule has 0 aromatic carbocycles. The summed E-state index contributed by atoms with van der Waals surface area (Å²) < 4.78 is 17.5. The Morgan fingerprint density at radius 1 is 0.722 bits per heavy atom. The van der Waals surface area contributed by atoms with Crippen molar-refractivity contribution in [2.24, 2.45) is 0 Å². The highest BCUT2D eigenvalue weighted by molar-refractivity contribution is 9.09. The summed E-state index contributed by atoms with van der Waals surface area (Å²) in [5, 5.41) is 1.11. The summed E-state index contributed by atoms with van der Waals surface area (Å²) in [5.74, 6) is 0. The molecule has 0 fully saturated rings. The van der Waals surface area contributed by atoms with Crippen molar-refractivity contribution in [2.45, 2.75) is 58.9 Å².